The lowest BCUT2D eigenvalue weighted by molar-refractivity contribution is -0.120. The van der Waals surface area contributed by atoms with Crippen LogP contribution in [0.5, 0.6) is 0 Å². The second-order valence-electron chi connectivity index (χ2n) is 7.26. The zero-order valence-corrected chi connectivity index (χ0v) is 18.1. The van der Waals surface area contributed by atoms with Crippen LogP contribution in [0.2, 0.25) is 0 Å². The molecule has 0 bridgehead atoms. The second kappa shape index (κ2) is 8.63. The Bertz CT molecular complexity index is 1120. The van der Waals surface area contributed by atoms with Gasteiger partial charge in [0.05, 0.1) is 10.6 Å². The highest BCUT2D eigenvalue weighted by atomic mass is 32.2. The zero-order valence-electron chi connectivity index (χ0n) is 16.5. The monoisotopic (exact) mass is 442 g/mol. The van der Waals surface area contributed by atoms with Crippen LogP contribution in [0, 0.1) is 12.8 Å². The number of nitrogens with one attached hydrogen (secondary N) is 1. The third kappa shape index (κ3) is 4.43. The molecule has 7 nitrogen and oxygen atoms in total. The van der Waals surface area contributed by atoms with Crippen molar-refractivity contribution in [1.82, 2.24) is 14.3 Å². The number of hydrogen-bond acceptors (Lipinski definition) is 6. The Morgan fingerprint density at radius 1 is 1.17 bits per heavy atom. The van der Waals surface area contributed by atoms with E-state index >= 15 is 0 Å². The number of rotatable bonds is 5. The fourth-order valence-corrected chi connectivity index (χ4v) is 5.60. The van der Waals surface area contributed by atoms with Crippen molar-refractivity contribution >= 4 is 32.4 Å². The molecule has 4 rings (SSSR count). The lowest BCUT2D eigenvalue weighted by Gasteiger charge is -2.30. The van der Waals surface area contributed by atoms with Crippen molar-refractivity contribution in [2.75, 3.05) is 18.4 Å². The minimum absolute atomic E-state index is 0.116. The first-order chi connectivity index (χ1) is 14.4. The standard InChI is InChI=1S/C21H22N4O3S2/c1-15-4-6-18(7-5-15)30(27,28)25-11-8-16(9-12-25)20(26)24-21-23-19(14-29-21)17-3-2-10-22-13-17/h2-7,10,13-14,16H,8-9,11-12H2,1H3,(H,23,24,26). The van der Waals surface area contributed by atoms with Gasteiger partial charge in [-0.05, 0) is 44.0 Å². The number of hydrogen-bond donors (Lipinski definition) is 1. The summed E-state index contributed by atoms with van der Waals surface area (Å²) in [6, 6.07) is 10.6. The number of carbonyl (C=O) groups excluding carboxylic acids is 1. The summed E-state index contributed by atoms with van der Waals surface area (Å²) in [5.74, 6) is -0.352. The normalized spacial score (nSPS) is 15.8. The molecule has 3 heterocycles. The van der Waals surface area contributed by atoms with Crippen LogP contribution >= 0.6 is 11.3 Å². The van der Waals surface area contributed by atoms with Crippen molar-refractivity contribution in [3.05, 3.63) is 59.7 Å². The van der Waals surface area contributed by atoms with Gasteiger partial charge in [0.25, 0.3) is 0 Å². The van der Waals surface area contributed by atoms with Gasteiger partial charge in [-0.25, -0.2) is 13.4 Å². The summed E-state index contributed by atoms with van der Waals surface area (Å²) in [6.45, 7) is 2.57. The van der Waals surface area contributed by atoms with Crippen molar-refractivity contribution in [3.8, 4) is 11.3 Å². The lowest BCUT2D eigenvalue weighted by Crippen LogP contribution is -2.41. The Morgan fingerprint density at radius 2 is 1.90 bits per heavy atom. The zero-order chi connectivity index (χ0) is 21.1. The van der Waals surface area contributed by atoms with Gasteiger partial charge in [-0.1, -0.05) is 17.7 Å². The molecule has 0 saturated carbocycles. The highest BCUT2D eigenvalue weighted by molar-refractivity contribution is 7.89. The number of carbonyl (C=O) groups is 1. The maximum absolute atomic E-state index is 12.8. The van der Waals surface area contributed by atoms with Crippen LogP contribution in [0.1, 0.15) is 18.4 Å². The molecule has 1 amide bonds. The average Bonchev–Trinajstić information content (AvgIpc) is 3.23. The van der Waals surface area contributed by atoms with Crippen LogP contribution in [-0.4, -0.2) is 41.7 Å². The summed E-state index contributed by atoms with van der Waals surface area (Å²) < 4.78 is 27.1. The molecule has 3 aromatic rings. The fourth-order valence-electron chi connectivity index (χ4n) is 3.40. The van der Waals surface area contributed by atoms with Crippen molar-refractivity contribution in [2.45, 2.75) is 24.7 Å². The molecule has 0 unspecified atom stereocenters. The van der Waals surface area contributed by atoms with Crippen molar-refractivity contribution < 1.29 is 13.2 Å². The molecule has 2 aromatic heterocycles. The smallest absolute Gasteiger partial charge is 0.243 e. The second-order valence-corrected chi connectivity index (χ2v) is 10.1. The largest absolute Gasteiger partial charge is 0.302 e. The molecule has 1 fully saturated rings. The van der Waals surface area contributed by atoms with Gasteiger partial charge >= 0.3 is 0 Å². The Kier molecular flexibility index (Phi) is 5.94. The molecule has 1 aliphatic rings. The SMILES string of the molecule is Cc1ccc(S(=O)(=O)N2CCC(C(=O)Nc3nc(-c4cccnc4)cs3)CC2)cc1. The van der Waals surface area contributed by atoms with Crippen molar-refractivity contribution in [3.63, 3.8) is 0 Å². The van der Waals surface area contributed by atoms with Crippen LogP contribution in [0.3, 0.4) is 0 Å². The number of piperidine rings is 1. The highest BCUT2D eigenvalue weighted by Gasteiger charge is 2.32. The van der Waals surface area contributed by atoms with Crippen molar-refractivity contribution in [2.24, 2.45) is 5.92 Å². The number of anilines is 1. The van der Waals surface area contributed by atoms with E-state index in [0.29, 0.717) is 36.0 Å². The summed E-state index contributed by atoms with van der Waals surface area (Å²) >= 11 is 1.36. The molecule has 0 radical (unpaired) electrons. The van der Waals surface area contributed by atoms with Crippen LogP contribution in [0.25, 0.3) is 11.3 Å². The van der Waals surface area contributed by atoms with E-state index in [1.54, 1.807) is 36.7 Å². The number of thiazole rings is 1. The minimum atomic E-state index is -3.53. The third-order valence-corrected chi connectivity index (χ3v) is 7.85. The van der Waals surface area contributed by atoms with E-state index < -0.39 is 10.0 Å². The molecule has 156 valence electrons. The predicted molar refractivity (Wildman–Crippen MR) is 117 cm³/mol. The van der Waals surface area contributed by atoms with E-state index in [9.17, 15) is 13.2 Å². The van der Waals surface area contributed by atoms with Gasteiger partial charge in [0, 0.05) is 42.3 Å². The molecule has 1 aliphatic heterocycles. The fraction of sp³-hybridized carbons (Fsp3) is 0.286. The molecule has 1 aromatic carbocycles. The van der Waals surface area contributed by atoms with Gasteiger partial charge in [0.1, 0.15) is 0 Å². The van der Waals surface area contributed by atoms with E-state index in [0.717, 1.165) is 16.8 Å². The number of benzene rings is 1. The molecule has 0 spiro atoms. The quantitative estimate of drug-likeness (QED) is 0.652. The molecule has 1 saturated heterocycles. The summed E-state index contributed by atoms with van der Waals surface area (Å²) in [5.41, 5.74) is 2.67. The van der Waals surface area contributed by atoms with E-state index in [1.807, 2.05) is 24.4 Å². The van der Waals surface area contributed by atoms with E-state index in [4.69, 9.17) is 0 Å². The van der Waals surface area contributed by atoms with Crippen LogP contribution in [0.15, 0.2) is 59.1 Å². The van der Waals surface area contributed by atoms with Gasteiger partial charge in [-0.15, -0.1) is 11.3 Å². The molecular weight excluding hydrogens is 420 g/mol. The number of sulfonamides is 1. The minimum Gasteiger partial charge on any atom is -0.302 e. The average molecular weight is 443 g/mol. The number of aromatic nitrogens is 2. The van der Waals surface area contributed by atoms with Gasteiger partial charge in [-0.3, -0.25) is 9.78 Å². The van der Waals surface area contributed by atoms with E-state index in [2.05, 4.69) is 15.3 Å². The maximum atomic E-state index is 12.8. The van der Waals surface area contributed by atoms with Gasteiger partial charge in [0.15, 0.2) is 5.13 Å². The summed E-state index contributed by atoms with van der Waals surface area (Å²) in [6.07, 6.45) is 4.39. The Morgan fingerprint density at radius 3 is 2.57 bits per heavy atom. The van der Waals surface area contributed by atoms with Crippen LogP contribution in [0.4, 0.5) is 5.13 Å². The summed E-state index contributed by atoms with van der Waals surface area (Å²) in [5, 5.41) is 5.29. The van der Waals surface area contributed by atoms with Gasteiger partial charge in [0.2, 0.25) is 15.9 Å². The molecule has 9 heteroatoms. The summed E-state index contributed by atoms with van der Waals surface area (Å²) in [4.78, 5) is 21.5. The number of pyridine rings is 1. The molecule has 0 aliphatic carbocycles. The third-order valence-electron chi connectivity index (χ3n) is 5.18. The first-order valence-electron chi connectivity index (χ1n) is 9.67. The lowest BCUT2D eigenvalue weighted by atomic mass is 9.97. The van der Waals surface area contributed by atoms with Gasteiger partial charge < -0.3 is 5.32 Å². The highest BCUT2D eigenvalue weighted by Crippen LogP contribution is 2.27. The Labute approximate surface area is 179 Å². The maximum Gasteiger partial charge on any atom is 0.243 e. The van der Waals surface area contributed by atoms with Crippen LogP contribution < -0.4 is 5.32 Å². The first kappa shape index (κ1) is 20.6. The molecular formula is C21H22N4O3S2. The first-order valence-corrected chi connectivity index (χ1v) is 12.0. The Balaban J connectivity index is 1.36. The number of nitrogens with zero attached hydrogens (tertiary/aromatic N) is 3. The number of aryl methyl sites for hydroxylation is 1. The number of amides is 1. The Hall–Kier alpha value is -2.62. The van der Waals surface area contributed by atoms with Gasteiger partial charge in [-0.2, -0.15) is 4.31 Å². The summed E-state index contributed by atoms with van der Waals surface area (Å²) in [7, 11) is -3.53. The van der Waals surface area contributed by atoms with Crippen LogP contribution in [-0.2, 0) is 14.8 Å². The molecule has 30 heavy (non-hydrogen) atoms. The topological polar surface area (TPSA) is 92.3 Å². The molecule has 1 N–H and O–H groups in total. The van der Waals surface area contributed by atoms with E-state index in [1.165, 1.54) is 15.6 Å². The van der Waals surface area contributed by atoms with E-state index in [-0.39, 0.29) is 11.8 Å². The molecule has 0 atom stereocenters. The predicted octanol–water partition coefficient (Wildman–Crippen LogP) is 3.55. The van der Waals surface area contributed by atoms with Crippen molar-refractivity contribution in [1.29, 1.82) is 0 Å².